The normalized spacial score (nSPS) is 20.3. The first-order valence-corrected chi connectivity index (χ1v) is 14.7. The number of fused-ring (bicyclic) bond motifs is 1. The summed E-state index contributed by atoms with van der Waals surface area (Å²) in [6, 6.07) is 8.77. The molecule has 1 amide bonds. The summed E-state index contributed by atoms with van der Waals surface area (Å²) in [4.78, 5) is 42.7. The van der Waals surface area contributed by atoms with E-state index in [-0.39, 0.29) is 42.7 Å². The number of rotatable bonds is 7. The number of aromatic nitrogens is 3. The molecule has 6 rings (SSSR count). The minimum atomic E-state index is -1.03. The van der Waals surface area contributed by atoms with Crippen molar-refractivity contribution < 1.29 is 37.2 Å². The largest absolute Gasteiger partial charge is 0.463 e. The number of esters is 2. The Balaban J connectivity index is 1.44. The lowest BCUT2D eigenvalue weighted by Crippen LogP contribution is -2.31. The second kappa shape index (κ2) is 11.8. The van der Waals surface area contributed by atoms with Gasteiger partial charge in [-0.05, 0) is 68.9 Å². The molecule has 0 N–H and O–H groups in total. The van der Waals surface area contributed by atoms with Gasteiger partial charge in [0.15, 0.2) is 24.0 Å². The number of ether oxygens (including phenoxy) is 2. The van der Waals surface area contributed by atoms with Crippen molar-refractivity contribution in [2.75, 3.05) is 4.90 Å². The van der Waals surface area contributed by atoms with Crippen molar-refractivity contribution in [3.05, 3.63) is 65.3 Å². The molecule has 10 nitrogen and oxygen atoms in total. The molecule has 12 heteroatoms. The fourth-order valence-corrected chi connectivity index (χ4v) is 6.49. The van der Waals surface area contributed by atoms with Gasteiger partial charge in [-0.3, -0.25) is 14.4 Å². The molecule has 1 atom stereocenters. The Morgan fingerprint density at radius 1 is 1.00 bits per heavy atom. The minimum absolute atomic E-state index is 0.00650. The Morgan fingerprint density at radius 3 is 2.48 bits per heavy atom. The van der Waals surface area contributed by atoms with E-state index < -0.39 is 23.6 Å². The molecule has 2 aromatic heterocycles. The summed E-state index contributed by atoms with van der Waals surface area (Å²) in [7, 11) is 0. The van der Waals surface area contributed by atoms with Crippen LogP contribution in [-0.4, -0.2) is 38.7 Å². The maximum Gasteiger partial charge on any atom is 0.303 e. The highest BCUT2D eigenvalue weighted by molar-refractivity contribution is 5.96. The second-order valence-electron chi connectivity index (χ2n) is 11.3. The number of carbonyl (C=O) groups excluding carboxylic acids is 3. The fourth-order valence-electron chi connectivity index (χ4n) is 6.49. The van der Waals surface area contributed by atoms with E-state index in [1.54, 1.807) is 6.92 Å². The molecule has 1 aliphatic carbocycles. The van der Waals surface area contributed by atoms with E-state index in [9.17, 15) is 23.2 Å². The van der Waals surface area contributed by atoms with Gasteiger partial charge in [0.1, 0.15) is 11.9 Å². The van der Waals surface area contributed by atoms with E-state index in [1.165, 1.54) is 24.8 Å². The van der Waals surface area contributed by atoms with Crippen LogP contribution < -0.4 is 4.90 Å². The van der Waals surface area contributed by atoms with E-state index in [4.69, 9.17) is 19.0 Å². The molecule has 0 spiro atoms. The van der Waals surface area contributed by atoms with Crippen LogP contribution in [-0.2, 0) is 30.5 Å². The Labute approximate surface area is 251 Å². The highest BCUT2D eigenvalue weighted by atomic mass is 19.2. The summed E-state index contributed by atoms with van der Waals surface area (Å²) in [6.45, 7) is 4.46. The van der Waals surface area contributed by atoms with Gasteiger partial charge in [0, 0.05) is 38.1 Å². The number of carbonyl (C=O) groups is 3. The molecule has 1 saturated carbocycles. The third-order valence-electron chi connectivity index (χ3n) is 8.38. The van der Waals surface area contributed by atoms with Gasteiger partial charge < -0.3 is 23.5 Å². The molecule has 4 aromatic rings. The Morgan fingerprint density at radius 2 is 1.77 bits per heavy atom. The maximum absolute atomic E-state index is 14.3. The van der Waals surface area contributed by atoms with Crippen molar-refractivity contribution in [1.82, 2.24) is 14.7 Å². The summed E-state index contributed by atoms with van der Waals surface area (Å²) in [5.74, 6) is -1.91. The van der Waals surface area contributed by atoms with E-state index >= 15 is 0 Å². The summed E-state index contributed by atoms with van der Waals surface area (Å²) < 4.78 is 46.3. The van der Waals surface area contributed by atoms with Gasteiger partial charge >= 0.3 is 11.9 Å². The molecule has 1 saturated heterocycles. The van der Waals surface area contributed by atoms with Gasteiger partial charge in [0.2, 0.25) is 5.91 Å². The summed E-state index contributed by atoms with van der Waals surface area (Å²) in [6.07, 6.45) is 3.33. The van der Waals surface area contributed by atoms with Gasteiger partial charge in [-0.15, -0.1) is 0 Å². The number of imidazole rings is 1. The summed E-state index contributed by atoms with van der Waals surface area (Å²) >= 11 is 0. The number of hydrogen-bond acceptors (Lipinski definition) is 8. The van der Waals surface area contributed by atoms with Crippen molar-refractivity contribution in [3.63, 3.8) is 0 Å². The molecule has 3 heterocycles. The minimum Gasteiger partial charge on any atom is -0.463 e. The summed E-state index contributed by atoms with van der Waals surface area (Å²) in [5, 5.41) is 4.07. The number of aryl methyl sites for hydroxylation is 1. The van der Waals surface area contributed by atoms with Crippen LogP contribution in [0.1, 0.15) is 81.7 Å². The van der Waals surface area contributed by atoms with Crippen LogP contribution in [0.3, 0.4) is 0 Å². The molecule has 0 unspecified atom stereocenters. The van der Waals surface area contributed by atoms with E-state index in [1.807, 2.05) is 18.2 Å². The molecule has 1 aliphatic heterocycles. The topological polar surface area (TPSA) is 117 Å². The van der Waals surface area contributed by atoms with E-state index in [2.05, 4.69) is 9.72 Å². The number of hydrogen-bond donors (Lipinski definition) is 0. The third-order valence-corrected chi connectivity index (χ3v) is 8.38. The molecule has 230 valence electrons. The first-order chi connectivity index (χ1) is 21.1. The molecule has 44 heavy (non-hydrogen) atoms. The highest BCUT2D eigenvalue weighted by Gasteiger charge is 2.39. The fraction of sp³-hybridized carbons (Fsp3) is 0.406. The van der Waals surface area contributed by atoms with E-state index in [0.717, 1.165) is 36.1 Å². The number of halogens is 2. The van der Waals surface area contributed by atoms with Gasteiger partial charge in [-0.2, -0.15) is 0 Å². The van der Waals surface area contributed by atoms with Crippen molar-refractivity contribution in [3.8, 4) is 11.1 Å². The average molecular weight is 607 g/mol. The zero-order valence-electron chi connectivity index (χ0n) is 24.6. The standard InChI is InChI=1S/C32H32F2N4O6/c1-17-31(29(44-36-17)16-42-18(2)39)20-4-11-27-26(14-20)35-32(38(27)21-5-8-23(9-6-21)43-19(3)40)28-12-13-30(41)37(28)22-7-10-24(33)25(34)15-22/h4,7,10-11,14-15,21,23,28H,5-6,8-9,12-13,16H2,1-3H3/t21-,23-,28-/m0/s1. The zero-order chi connectivity index (χ0) is 31.1. The van der Waals surface area contributed by atoms with Gasteiger partial charge in [0.25, 0.3) is 0 Å². The lowest BCUT2D eigenvalue weighted by molar-refractivity contribution is -0.148. The quantitative estimate of drug-likeness (QED) is 0.227. The second-order valence-corrected chi connectivity index (χ2v) is 11.3. The van der Waals surface area contributed by atoms with Gasteiger partial charge in [-0.25, -0.2) is 13.8 Å². The first kappa shape index (κ1) is 29.5. The SMILES string of the molecule is CC(=O)OCc1onc(C)c1-c1ccc2c(c1)nc([C@@H]1CCC(=O)N1c1ccc(F)c(F)c1)n2[C@H]1CC[C@H](OC(C)=O)CC1. The van der Waals surface area contributed by atoms with Crippen LogP contribution in [0.15, 0.2) is 40.9 Å². The first-order valence-electron chi connectivity index (χ1n) is 14.7. The maximum atomic E-state index is 14.3. The van der Waals surface area contributed by atoms with Crippen LogP contribution in [0.25, 0.3) is 22.2 Å². The van der Waals surface area contributed by atoms with Crippen molar-refractivity contribution >= 4 is 34.6 Å². The van der Waals surface area contributed by atoms with Crippen LogP contribution in [0.5, 0.6) is 0 Å². The smallest absolute Gasteiger partial charge is 0.303 e. The molecular formula is C32H32F2N4O6. The zero-order valence-corrected chi connectivity index (χ0v) is 24.6. The Hall–Kier alpha value is -4.61. The highest BCUT2D eigenvalue weighted by Crippen LogP contribution is 2.43. The molecule has 2 aliphatic rings. The van der Waals surface area contributed by atoms with Crippen LogP contribution in [0, 0.1) is 18.6 Å². The van der Waals surface area contributed by atoms with Crippen molar-refractivity contribution in [2.24, 2.45) is 0 Å². The van der Waals surface area contributed by atoms with Crippen LogP contribution in [0.4, 0.5) is 14.5 Å². The predicted octanol–water partition coefficient (Wildman–Crippen LogP) is 6.26. The number of benzene rings is 2. The van der Waals surface area contributed by atoms with Crippen molar-refractivity contribution in [2.45, 2.75) is 84.1 Å². The number of anilines is 1. The third kappa shape index (κ3) is 5.56. The monoisotopic (exact) mass is 606 g/mol. The predicted molar refractivity (Wildman–Crippen MR) is 154 cm³/mol. The molecule has 0 bridgehead atoms. The van der Waals surface area contributed by atoms with Crippen molar-refractivity contribution in [1.29, 1.82) is 0 Å². The lowest BCUT2D eigenvalue weighted by atomic mass is 9.92. The van der Waals surface area contributed by atoms with Gasteiger partial charge in [-0.1, -0.05) is 11.2 Å². The average Bonchev–Trinajstić information content (AvgIpc) is 3.67. The Bertz CT molecular complexity index is 1760. The van der Waals surface area contributed by atoms with Gasteiger partial charge in [0.05, 0.1) is 28.3 Å². The number of amides is 1. The lowest BCUT2D eigenvalue weighted by Gasteiger charge is -2.32. The molecule has 2 aromatic carbocycles. The molecular weight excluding hydrogens is 574 g/mol. The number of nitrogens with zero attached hydrogens (tertiary/aromatic N) is 4. The van der Waals surface area contributed by atoms with Crippen LogP contribution >= 0.6 is 0 Å². The van der Waals surface area contributed by atoms with E-state index in [0.29, 0.717) is 47.6 Å². The summed E-state index contributed by atoms with van der Waals surface area (Å²) in [5.41, 5.74) is 3.88. The molecule has 2 fully saturated rings. The molecule has 0 radical (unpaired) electrons. The Kier molecular flexibility index (Phi) is 7.91. The van der Waals surface area contributed by atoms with Crippen LogP contribution in [0.2, 0.25) is 0 Å².